The molecule has 2 heterocycles. The number of carbonyl (C=O) groups excluding carboxylic acids is 1. The summed E-state index contributed by atoms with van der Waals surface area (Å²) in [5.41, 5.74) is 0.534. The highest BCUT2D eigenvalue weighted by molar-refractivity contribution is 5.75. The average Bonchev–Trinajstić information content (AvgIpc) is 3.41. The molecule has 1 aliphatic carbocycles. The van der Waals surface area contributed by atoms with Crippen LogP contribution in [-0.4, -0.2) is 47.4 Å². The topological polar surface area (TPSA) is 77.5 Å². The molecule has 0 bridgehead atoms. The van der Waals surface area contributed by atoms with Crippen molar-refractivity contribution in [1.82, 2.24) is 15.6 Å². The van der Waals surface area contributed by atoms with E-state index < -0.39 is 5.54 Å². The molecule has 6 heteroatoms. The zero-order valence-electron chi connectivity index (χ0n) is 14.6. The fourth-order valence-corrected chi connectivity index (χ4v) is 3.43. The van der Waals surface area contributed by atoms with Crippen LogP contribution in [-0.2, 0) is 0 Å². The van der Waals surface area contributed by atoms with Gasteiger partial charge in [-0.2, -0.15) is 0 Å². The number of urea groups is 1. The van der Waals surface area contributed by atoms with E-state index in [0.717, 1.165) is 50.3 Å². The van der Waals surface area contributed by atoms with Crippen LogP contribution in [0.4, 0.5) is 10.6 Å². The second-order valence-corrected chi connectivity index (χ2v) is 7.35. The van der Waals surface area contributed by atoms with Crippen LogP contribution in [0.15, 0.2) is 18.2 Å². The summed E-state index contributed by atoms with van der Waals surface area (Å²) in [6.45, 7) is 5.70. The van der Waals surface area contributed by atoms with E-state index in [-0.39, 0.29) is 18.7 Å². The van der Waals surface area contributed by atoms with Crippen molar-refractivity contribution in [3.05, 3.63) is 23.9 Å². The van der Waals surface area contributed by atoms with Gasteiger partial charge in [-0.25, -0.2) is 9.78 Å². The molecular formula is C18H28N4O2. The van der Waals surface area contributed by atoms with Gasteiger partial charge < -0.3 is 20.6 Å². The normalized spacial score (nSPS) is 21.2. The van der Waals surface area contributed by atoms with Crippen LogP contribution >= 0.6 is 0 Å². The van der Waals surface area contributed by atoms with E-state index in [1.54, 1.807) is 0 Å². The molecule has 1 unspecified atom stereocenters. The van der Waals surface area contributed by atoms with E-state index in [1.807, 2.05) is 32.0 Å². The van der Waals surface area contributed by atoms with Crippen LogP contribution in [0.1, 0.15) is 38.3 Å². The molecule has 1 aromatic rings. The second kappa shape index (κ2) is 6.97. The highest BCUT2D eigenvalue weighted by Gasteiger charge is 2.42. The molecular weight excluding hydrogens is 304 g/mol. The van der Waals surface area contributed by atoms with E-state index in [0.29, 0.717) is 5.92 Å². The number of anilines is 1. The summed E-state index contributed by atoms with van der Waals surface area (Å²) in [6, 6.07) is 6.08. The fourth-order valence-electron chi connectivity index (χ4n) is 3.43. The molecule has 1 saturated carbocycles. The van der Waals surface area contributed by atoms with Gasteiger partial charge in [0.2, 0.25) is 0 Å². The van der Waals surface area contributed by atoms with Crippen LogP contribution in [0.2, 0.25) is 0 Å². The number of aryl methyl sites for hydroxylation is 1. The summed E-state index contributed by atoms with van der Waals surface area (Å²) in [7, 11) is 0. The largest absolute Gasteiger partial charge is 0.394 e. The molecule has 0 radical (unpaired) electrons. The van der Waals surface area contributed by atoms with Gasteiger partial charge in [0.15, 0.2) is 0 Å². The maximum Gasteiger partial charge on any atom is 0.315 e. The molecule has 0 spiro atoms. The zero-order chi connectivity index (χ0) is 17.2. The van der Waals surface area contributed by atoms with Gasteiger partial charge in [0.25, 0.3) is 0 Å². The first-order chi connectivity index (χ1) is 11.5. The maximum absolute atomic E-state index is 12.3. The predicted octanol–water partition coefficient (Wildman–Crippen LogP) is 1.82. The number of aliphatic hydroxyl groups excluding tert-OH is 1. The monoisotopic (exact) mass is 332 g/mol. The first-order valence-electron chi connectivity index (χ1n) is 8.88. The smallest absolute Gasteiger partial charge is 0.315 e. The number of nitrogens with one attached hydrogen (secondary N) is 2. The van der Waals surface area contributed by atoms with E-state index in [1.165, 1.54) is 0 Å². The van der Waals surface area contributed by atoms with Crippen LogP contribution in [0.5, 0.6) is 0 Å². The van der Waals surface area contributed by atoms with Crippen molar-refractivity contribution in [2.75, 3.05) is 24.6 Å². The molecule has 1 saturated heterocycles. The zero-order valence-corrected chi connectivity index (χ0v) is 14.6. The summed E-state index contributed by atoms with van der Waals surface area (Å²) in [5, 5.41) is 15.6. The van der Waals surface area contributed by atoms with Gasteiger partial charge in [-0.1, -0.05) is 6.07 Å². The number of rotatable bonds is 5. The molecule has 3 rings (SSSR count). The molecule has 2 amide bonds. The molecule has 3 N–H and O–H groups in total. The van der Waals surface area contributed by atoms with Crippen molar-refractivity contribution in [1.29, 1.82) is 0 Å². The summed E-state index contributed by atoms with van der Waals surface area (Å²) in [5.74, 6) is 1.42. The number of aliphatic hydroxyl groups is 1. The molecule has 0 aromatic carbocycles. The number of hydrogen-bond acceptors (Lipinski definition) is 4. The number of amides is 2. The summed E-state index contributed by atoms with van der Waals surface area (Å²) < 4.78 is 0. The van der Waals surface area contributed by atoms with E-state index in [4.69, 9.17) is 0 Å². The van der Waals surface area contributed by atoms with Gasteiger partial charge >= 0.3 is 6.03 Å². The Bertz CT molecular complexity index is 582. The van der Waals surface area contributed by atoms with Gasteiger partial charge in [-0.3, -0.25) is 0 Å². The predicted molar refractivity (Wildman–Crippen MR) is 94.1 cm³/mol. The lowest BCUT2D eigenvalue weighted by atomic mass is 9.97. The third kappa shape index (κ3) is 3.98. The Hall–Kier alpha value is -1.82. The van der Waals surface area contributed by atoms with Crippen molar-refractivity contribution >= 4 is 11.8 Å². The van der Waals surface area contributed by atoms with Gasteiger partial charge in [-0.15, -0.1) is 0 Å². The number of nitrogens with zero attached hydrogens (tertiary/aromatic N) is 2. The van der Waals surface area contributed by atoms with Crippen molar-refractivity contribution < 1.29 is 9.90 Å². The van der Waals surface area contributed by atoms with E-state index >= 15 is 0 Å². The fraction of sp³-hybridized carbons (Fsp3) is 0.667. The minimum absolute atomic E-state index is 0.0114. The standard InChI is InChI=1S/C18H28N4O2/c1-13-4-3-5-16(19-13)22-10-8-15(9-11-22)20-17(24)21-18(2,12-23)14-6-7-14/h3-5,14-15,23H,6-12H2,1-2H3,(H2,20,21,24). The Morgan fingerprint density at radius 3 is 2.62 bits per heavy atom. The first kappa shape index (κ1) is 17.0. The van der Waals surface area contributed by atoms with Crippen LogP contribution in [0, 0.1) is 12.8 Å². The summed E-state index contributed by atoms with van der Waals surface area (Å²) in [6.07, 6.45) is 3.98. The Kier molecular flexibility index (Phi) is 4.94. The number of pyridine rings is 1. The highest BCUT2D eigenvalue weighted by Crippen LogP contribution is 2.39. The number of carbonyl (C=O) groups is 1. The lowest BCUT2D eigenvalue weighted by molar-refractivity contribution is 0.153. The summed E-state index contributed by atoms with van der Waals surface area (Å²) in [4.78, 5) is 19.1. The molecule has 24 heavy (non-hydrogen) atoms. The Labute approximate surface area is 143 Å². The minimum Gasteiger partial charge on any atom is -0.394 e. The highest BCUT2D eigenvalue weighted by atomic mass is 16.3. The van der Waals surface area contributed by atoms with Crippen molar-refractivity contribution in [3.63, 3.8) is 0 Å². The summed E-state index contributed by atoms with van der Waals surface area (Å²) >= 11 is 0. The van der Waals surface area contributed by atoms with E-state index in [9.17, 15) is 9.90 Å². The molecule has 132 valence electrons. The van der Waals surface area contributed by atoms with Gasteiger partial charge in [0.05, 0.1) is 12.1 Å². The lowest BCUT2D eigenvalue weighted by Gasteiger charge is -2.35. The van der Waals surface area contributed by atoms with Crippen LogP contribution in [0.25, 0.3) is 0 Å². The Morgan fingerprint density at radius 1 is 1.33 bits per heavy atom. The Morgan fingerprint density at radius 2 is 2.04 bits per heavy atom. The second-order valence-electron chi connectivity index (χ2n) is 7.35. The van der Waals surface area contributed by atoms with Crippen LogP contribution in [0.3, 0.4) is 0 Å². The molecule has 1 aliphatic heterocycles. The van der Waals surface area contributed by atoms with Crippen molar-refractivity contribution in [3.8, 4) is 0 Å². The minimum atomic E-state index is -0.490. The molecule has 1 atom stereocenters. The SMILES string of the molecule is Cc1cccc(N2CCC(NC(=O)NC(C)(CO)C3CC3)CC2)n1. The maximum atomic E-state index is 12.3. The average molecular weight is 332 g/mol. The number of piperidine rings is 1. The molecule has 1 aromatic heterocycles. The third-order valence-corrected chi connectivity index (χ3v) is 5.23. The van der Waals surface area contributed by atoms with Crippen molar-refractivity contribution in [2.24, 2.45) is 5.92 Å². The molecule has 2 fully saturated rings. The molecule has 2 aliphatic rings. The third-order valence-electron chi connectivity index (χ3n) is 5.23. The lowest BCUT2D eigenvalue weighted by Crippen LogP contribution is -2.56. The van der Waals surface area contributed by atoms with E-state index in [2.05, 4.69) is 20.5 Å². The first-order valence-corrected chi connectivity index (χ1v) is 8.88. The van der Waals surface area contributed by atoms with Crippen LogP contribution < -0.4 is 15.5 Å². The van der Waals surface area contributed by atoms with Crippen molar-refractivity contribution in [2.45, 2.75) is 51.1 Å². The molecule has 6 nitrogen and oxygen atoms in total. The van der Waals surface area contributed by atoms with Gasteiger partial charge in [0.1, 0.15) is 5.82 Å². The van der Waals surface area contributed by atoms with Gasteiger partial charge in [0, 0.05) is 24.8 Å². The number of aromatic nitrogens is 1. The Balaban J connectivity index is 1.47. The number of hydrogen-bond donors (Lipinski definition) is 3. The van der Waals surface area contributed by atoms with Gasteiger partial charge in [-0.05, 0) is 57.6 Å². The quantitative estimate of drug-likeness (QED) is 0.769.